The highest BCUT2D eigenvalue weighted by atomic mass is 32.1. The normalized spacial score (nSPS) is 16.0. The van der Waals surface area contributed by atoms with Crippen LogP contribution in [0.4, 0.5) is 11.5 Å². The molecular weight excluding hydrogens is 284 g/mol. The minimum Gasteiger partial charge on any atom is -0.355 e. The van der Waals surface area contributed by atoms with Crippen molar-refractivity contribution in [3.63, 3.8) is 0 Å². The maximum Gasteiger partial charge on any atom is 0.246 e. The molecule has 3 rings (SSSR count). The number of thiophene rings is 1. The van der Waals surface area contributed by atoms with E-state index in [2.05, 4.69) is 15.2 Å². The molecule has 1 fully saturated rings. The number of hydrogen-bond acceptors (Lipinski definition) is 5. The summed E-state index contributed by atoms with van der Waals surface area (Å²) in [6.07, 6.45) is 4.08. The van der Waals surface area contributed by atoms with Crippen LogP contribution in [0.1, 0.15) is 23.8 Å². The van der Waals surface area contributed by atoms with Crippen molar-refractivity contribution in [2.45, 2.75) is 18.9 Å². The zero-order valence-electron chi connectivity index (χ0n) is 11.7. The van der Waals surface area contributed by atoms with E-state index < -0.39 is 6.04 Å². The first-order valence-electron chi connectivity index (χ1n) is 7.05. The predicted molar refractivity (Wildman–Crippen MR) is 85.6 cm³/mol. The number of hydrogen-bond donors (Lipinski definition) is 2. The van der Waals surface area contributed by atoms with E-state index >= 15 is 0 Å². The molecule has 1 amide bonds. The van der Waals surface area contributed by atoms with Gasteiger partial charge >= 0.3 is 0 Å². The summed E-state index contributed by atoms with van der Waals surface area (Å²) in [7, 11) is 0. The molecule has 3 heterocycles. The lowest BCUT2D eigenvalue weighted by Crippen LogP contribution is -2.28. The van der Waals surface area contributed by atoms with Gasteiger partial charge in [-0.25, -0.2) is 4.98 Å². The fourth-order valence-corrected chi connectivity index (χ4v) is 3.21. The van der Waals surface area contributed by atoms with Crippen molar-refractivity contribution in [1.29, 1.82) is 0 Å². The second kappa shape index (κ2) is 6.24. The number of rotatable bonds is 4. The molecule has 1 saturated heterocycles. The maximum absolute atomic E-state index is 12.3. The lowest BCUT2D eigenvalue weighted by Gasteiger charge is -2.20. The van der Waals surface area contributed by atoms with E-state index in [0.29, 0.717) is 0 Å². The number of pyridine rings is 1. The van der Waals surface area contributed by atoms with Crippen LogP contribution >= 0.6 is 11.3 Å². The van der Waals surface area contributed by atoms with Gasteiger partial charge in [0.2, 0.25) is 5.91 Å². The molecule has 2 aromatic heterocycles. The van der Waals surface area contributed by atoms with Gasteiger partial charge in [0.05, 0.1) is 5.69 Å². The average molecular weight is 302 g/mol. The Morgan fingerprint density at radius 2 is 2.14 bits per heavy atom. The summed E-state index contributed by atoms with van der Waals surface area (Å²) in [5, 5.41) is 4.83. The molecule has 1 atom stereocenters. The number of nitrogens with two attached hydrogens (primary N) is 1. The Hall–Kier alpha value is -1.92. The van der Waals surface area contributed by atoms with Crippen LogP contribution in [0.5, 0.6) is 0 Å². The fourth-order valence-electron chi connectivity index (χ4n) is 2.48. The first kappa shape index (κ1) is 14.0. The largest absolute Gasteiger partial charge is 0.355 e. The molecular formula is C15H18N4OS. The molecule has 0 aliphatic carbocycles. The van der Waals surface area contributed by atoms with Crippen molar-refractivity contribution in [3.05, 3.63) is 40.7 Å². The summed E-state index contributed by atoms with van der Waals surface area (Å²) in [4.78, 5) is 19.8. The van der Waals surface area contributed by atoms with E-state index in [1.54, 1.807) is 6.20 Å². The van der Waals surface area contributed by atoms with Crippen LogP contribution in [0, 0.1) is 0 Å². The molecule has 0 saturated carbocycles. The number of carbonyl (C=O) groups excluding carboxylic acids is 1. The lowest BCUT2D eigenvalue weighted by molar-refractivity contribution is -0.117. The molecule has 2 aromatic rings. The zero-order chi connectivity index (χ0) is 14.7. The molecule has 1 aliphatic heterocycles. The number of nitrogens with one attached hydrogen (secondary N) is 1. The second-order valence-electron chi connectivity index (χ2n) is 5.05. The minimum absolute atomic E-state index is 0.203. The van der Waals surface area contributed by atoms with Gasteiger partial charge in [0.25, 0.3) is 0 Å². The number of aromatic nitrogens is 1. The van der Waals surface area contributed by atoms with Crippen molar-refractivity contribution in [2.24, 2.45) is 5.73 Å². The summed E-state index contributed by atoms with van der Waals surface area (Å²) >= 11 is 1.49. The monoisotopic (exact) mass is 302 g/mol. The smallest absolute Gasteiger partial charge is 0.246 e. The quantitative estimate of drug-likeness (QED) is 0.909. The van der Waals surface area contributed by atoms with Gasteiger partial charge in [-0.05, 0) is 36.4 Å². The van der Waals surface area contributed by atoms with Crippen LogP contribution in [0.2, 0.25) is 0 Å². The molecule has 21 heavy (non-hydrogen) atoms. The van der Waals surface area contributed by atoms with Gasteiger partial charge in [-0.2, -0.15) is 0 Å². The molecule has 3 N–H and O–H groups in total. The zero-order valence-corrected chi connectivity index (χ0v) is 12.5. The SMILES string of the molecule is NC(C(=O)Nc1cccnc1N1CCCC1)c1cccs1. The van der Waals surface area contributed by atoms with E-state index in [0.717, 1.165) is 29.5 Å². The molecule has 5 nitrogen and oxygen atoms in total. The number of nitrogens with zero attached hydrogens (tertiary/aromatic N) is 2. The first-order chi connectivity index (χ1) is 10.3. The number of amides is 1. The topological polar surface area (TPSA) is 71.2 Å². The molecule has 0 bridgehead atoms. The molecule has 1 aliphatic rings. The Labute approximate surface area is 127 Å². The molecule has 110 valence electrons. The van der Waals surface area contributed by atoms with Crippen molar-refractivity contribution >= 4 is 28.7 Å². The van der Waals surface area contributed by atoms with Gasteiger partial charge in [-0.3, -0.25) is 4.79 Å². The van der Waals surface area contributed by atoms with E-state index in [4.69, 9.17) is 5.73 Å². The van der Waals surface area contributed by atoms with Gasteiger partial charge in [-0.15, -0.1) is 11.3 Å². The van der Waals surface area contributed by atoms with Gasteiger partial charge in [0.1, 0.15) is 6.04 Å². The minimum atomic E-state index is -0.642. The summed E-state index contributed by atoms with van der Waals surface area (Å²) in [5.74, 6) is 0.632. The maximum atomic E-state index is 12.3. The highest BCUT2D eigenvalue weighted by Gasteiger charge is 2.21. The van der Waals surface area contributed by atoms with Gasteiger partial charge in [0.15, 0.2) is 5.82 Å². The average Bonchev–Trinajstić information content (AvgIpc) is 3.20. The van der Waals surface area contributed by atoms with Crippen LogP contribution < -0.4 is 16.0 Å². The van der Waals surface area contributed by atoms with Gasteiger partial charge < -0.3 is 16.0 Å². The Kier molecular flexibility index (Phi) is 4.17. The van der Waals surface area contributed by atoms with Crippen LogP contribution in [0.25, 0.3) is 0 Å². The lowest BCUT2D eigenvalue weighted by atomic mass is 10.2. The summed E-state index contributed by atoms with van der Waals surface area (Å²) < 4.78 is 0. The molecule has 6 heteroatoms. The van der Waals surface area contributed by atoms with Crippen LogP contribution in [-0.2, 0) is 4.79 Å². The highest BCUT2D eigenvalue weighted by Crippen LogP contribution is 2.27. The molecule has 0 spiro atoms. The van der Waals surface area contributed by atoms with Gasteiger partial charge in [-0.1, -0.05) is 6.07 Å². The van der Waals surface area contributed by atoms with E-state index in [1.165, 1.54) is 24.2 Å². The Bertz CT molecular complexity index is 608. The Balaban J connectivity index is 1.77. The Morgan fingerprint density at radius 3 is 2.86 bits per heavy atom. The fraction of sp³-hybridized carbons (Fsp3) is 0.333. The van der Waals surface area contributed by atoms with Gasteiger partial charge in [0, 0.05) is 24.2 Å². The van der Waals surface area contributed by atoms with Crippen molar-refractivity contribution in [2.75, 3.05) is 23.3 Å². The van der Waals surface area contributed by atoms with E-state index in [1.807, 2.05) is 29.6 Å². The summed E-state index contributed by atoms with van der Waals surface area (Å²) in [6, 6.07) is 6.83. The third kappa shape index (κ3) is 3.06. The summed E-state index contributed by atoms with van der Waals surface area (Å²) in [6.45, 7) is 1.97. The van der Waals surface area contributed by atoms with Crippen molar-refractivity contribution in [1.82, 2.24) is 4.98 Å². The molecule has 0 aromatic carbocycles. The Morgan fingerprint density at radius 1 is 1.33 bits per heavy atom. The van der Waals surface area contributed by atoms with Crippen LogP contribution in [-0.4, -0.2) is 24.0 Å². The second-order valence-corrected chi connectivity index (χ2v) is 6.03. The van der Waals surface area contributed by atoms with Crippen LogP contribution in [0.15, 0.2) is 35.8 Å². The van der Waals surface area contributed by atoms with Crippen molar-refractivity contribution < 1.29 is 4.79 Å². The third-order valence-electron chi connectivity index (χ3n) is 3.58. The third-order valence-corrected chi connectivity index (χ3v) is 4.54. The number of carbonyl (C=O) groups is 1. The molecule has 0 radical (unpaired) electrons. The standard InChI is InChI=1S/C15H18N4OS/c16-13(12-6-4-10-21-12)15(20)18-11-5-3-7-17-14(11)19-8-1-2-9-19/h3-7,10,13H,1-2,8-9,16H2,(H,18,20). The first-order valence-corrected chi connectivity index (χ1v) is 7.93. The summed E-state index contributed by atoms with van der Waals surface area (Å²) in [5.41, 5.74) is 6.73. The van der Waals surface area contributed by atoms with E-state index in [-0.39, 0.29) is 5.91 Å². The van der Waals surface area contributed by atoms with E-state index in [9.17, 15) is 4.79 Å². The van der Waals surface area contributed by atoms with Crippen molar-refractivity contribution in [3.8, 4) is 0 Å². The molecule has 1 unspecified atom stereocenters. The number of anilines is 2. The van der Waals surface area contributed by atoms with Crippen LogP contribution in [0.3, 0.4) is 0 Å². The highest BCUT2D eigenvalue weighted by molar-refractivity contribution is 7.10. The predicted octanol–water partition coefficient (Wildman–Crippen LogP) is 2.38.